The maximum absolute atomic E-state index is 12.2. The summed E-state index contributed by atoms with van der Waals surface area (Å²) in [5, 5.41) is 8.35. The fourth-order valence-corrected chi connectivity index (χ4v) is 3.02. The summed E-state index contributed by atoms with van der Waals surface area (Å²) in [6.45, 7) is 2.95. The molecule has 0 aliphatic carbocycles. The van der Waals surface area contributed by atoms with E-state index in [1.54, 1.807) is 24.3 Å². The zero-order valence-electron chi connectivity index (χ0n) is 18.2. The second-order valence-electron chi connectivity index (χ2n) is 7.15. The van der Waals surface area contributed by atoms with Crippen molar-refractivity contribution in [1.29, 1.82) is 0 Å². The van der Waals surface area contributed by atoms with E-state index in [9.17, 15) is 14.4 Å². The fourth-order valence-electron chi connectivity index (χ4n) is 2.79. The van der Waals surface area contributed by atoms with Crippen molar-refractivity contribution in [3.05, 3.63) is 65.7 Å². The Hall–Kier alpha value is -3.26. The number of amides is 2. The summed E-state index contributed by atoms with van der Waals surface area (Å²) in [5.41, 5.74) is 2.16. The van der Waals surface area contributed by atoms with E-state index in [2.05, 4.69) is 22.9 Å². The molecule has 0 unspecified atom stereocenters. The van der Waals surface area contributed by atoms with E-state index in [4.69, 9.17) is 17.0 Å². The Morgan fingerprint density at radius 3 is 2.53 bits per heavy atom. The van der Waals surface area contributed by atoms with Crippen molar-refractivity contribution in [2.24, 2.45) is 0 Å². The van der Waals surface area contributed by atoms with Gasteiger partial charge in [0.25, 0.3) is 5.91 Å². The van der Waals surface area contributed by atoms with Gasteiger partial charge in [-0.25, -0.2) is 0 Å². The predicted molar refractivity (Wildman–Crippen MR) is 128 cm³/mol. The number of rotatable bonds is 11. The Morgan fingerprint density at radius 2 is 1.78 bits per heavy atom. The lowest BCUT2D eigenvalue weighted by Gasteiger charge is -2.11. The van der Waals surface area contributed by atoms with Crippen molar-refractivity contribution < 1.29 is 19.1 Å². The Morgan fingerprint density at radius 1 is 1.00 bits per heavy atom. The topological polar surface area (TPSA) is 96.5 Å². The van der Waals surface area contributed by atoms with Gasteiger partial charge in [0, 0.05) is 30.6 Å². The Bertz CT molecular complexity index is 918. The van der Waals surface area contributed by atoms with Crippen molar-refractivity contribution in [1.82, 2.24) is 10.6 Å². The summed E-state index contributed by atoms with van der Waals surface area (Å²) < 4.78 is 5.16. The SMILES string of the molecule is CCCCNC(=O)c1cccc(NC(=S)NC(=O)CCC(=O)OCCc2ccccc2)c1. The van der Waals surface area contributed by atoms with Crippen LogP contribution >= 0.6 is 12.2 Å². The van der Waals surface area contributed by atoms with Gasteiger partial charge in [0.05, 0.1) is 13.0 Å². The van der Waals surface area contributed by atoms with Crippen LogP contribution in [-0.2, 0) is 20.7 Å². The number of hydrogen-bond acceptors (Lipinski definition) is 5. The molecule has 0 aliphatic heterocycles. The summed E-state index contributed by atoms with van der Waals surface area (Å²) in [5.74, 6) is -0.990. The molecule has 0 saturated carbocycles. The third-order valence-corrected chi connectivity index (χ3v) is 4.71. The third-order valence-electron chi connectivity index (χ3n) is 4.50. The molecule has 0 aromatic heterocycles. The van der Waals surface area contributed by atoms with Crippen molar-refractivity contribution in [2.75, 3.05) is 18.5 Å². The lowest BCUT2D eigenvalue weighted by molar-refractivity contribution is -0.144. The average molecular weight is 456 g/mol. The molecule has 170 valence electrons. The van der Waals surface area contributed by atoms with Gasteiger partial charge >= 0.3 is 5.97 Å². The summed E-state index contributed by atoms with van der Waals surface area (Å²) in [7, 11) is 0. The highest BCUT2D eigenvalue weighted by molar-refractivity contribution is 7.80. The van der Waals surface area contributed by atoms with E-state index < -0.39 is 11.9 Å². The van der Waals surface area contributed by atoms with Crippen LogP contribution in [0.2, 0.25) is 0 Å². The van der Waals surface area contributed by atoms with Crippen molar-refractivity contribution in [3.63, 3.8) is 0 Å². The molecule has 2 aromatic rings. The highest BCUT2D eigenvalue weighted by Crippen LogP contribution is 2.11. The van der Waals surface area contributed by atoms with Crippen LogP contribution in [0.25, 0.3) is 0 Å². The minimum atomic E-state index is -0.434. The van der Waals surface area contributed by atoms with Gasteiger partial charge in [0.15, 0.2) is 5.11 Å². The average Bonchev–Trinajstić information content (AvgIpc) is 2.78. The molecule has 3 N–H and O–H groups in total. The third kappa shape index (κ3) is 9.70. The van der Waals surface area contributed by atoms with Crippen LogP contribution in [0.15, 0.2) is 54.6 Å². The highest BCUT2D eigenvalue weighted by atomic mass is 32.1. The molecule has 0 heterocycles. The van der Waals surface area contributed by atoms with E-state index in [0.29, 0.717) is 24.2 Å². The zero-order chi connectivity index (χ0) is 23.2. The molecule has 0 saturated heterocycles. The van der Waals surface area contributed by atoms with E-state index in [0.717, 1.165) is 18.4 Å². The first-order valence-electron chi connectivity index (χ1n) is 10.7. The molecular weight excluding hydrogens is 426 g/mol. The highest BCUT2D eigenvalue weighted by Gasteiger charge is 2.11. The molecule has 0 aliphatic rings. The number of anilines is 1. The number of thiocarbonyl (C=S) groups is 1. The molecule has 2 amide bonds. The van der Waals surface area contributed by atoms with Gasteiger partial charge < -0.3 is 20.7 Å². The number of esters is 1. The van der Waals surface area contributed by atoms with E-state index in [1.165, 1.54) is 0 Å². The van der Waals surface area contributed by atoms with E-state index in [-0.39, 0.29) is 30.5 Å². The monoisotopic (exact) mass is 455 g/mol. The van der Waals surface area contributed by atoms with Crippen LogP contribution in [0, 0.1) is 0 Å². The first-order valence-corrected chi connectivity index (χ1v) is 11.1. The molecule has 2 aromatic carbocycles. The van der Waals surface area contributed by atoms with Crippen molar-refractivity contribution >= 4 is 40.8 Å². The number of nitrogens with one attached hydrogen (secondary N) is 3. The van der Waals surface area contributed by atoms with Crippen LogP contribution in [0.3, 0.4) is 0 Å². The van der Waals surface area contributed by atoms with Gasteiger partial charge in [-0.2, -0.15) is 0 Å². The number of unbranched alkanes of at least 4 members (excludes halogenated alkanes) is 1. The maximum Gasteiger partial charge on any atom is 0.306 e. The largest absolute Gasteiger partial charge is 0.465 e. The smallest absolute Gasteiger partial charge is 0.306 e. The van der Waals surface area contributed by atoms with Gasteiger partial charge in [-0.1, -0.05) is 49.7 Å². The second kappa shape index (κ2) is 13.9. The molecule has 0 bridgehead atoms. The lowest BCUT2D eigenvalue weighted by atomic mass is 10.2. The minimum absolute atomic E-state index is 0.0311. The van der Waals surface area contributed by atoms with Crippen molar-refractivity contribution in [3.8, 4) is 0 Å². The first kappa shape index (κ1) is 25.0. The fraction of sp³-hybridized carbons (Fsp3) is 0.333. The van der Waals surface area contributed by atoms with Crippen LogP contribution in [0.5, 0.6) is 0 Å². The maximum atomic E-state index is 12.2. The summed E-state index contributed by atoms with van der Waals surface area (Å²) in [6, 6.07) is 16.5. The number of hydrogen-bond donors (Lipinski definition) is 3. The Labute approximate surface area is 193 Å². The molecule has 0 spiro atoms. The lowest BCUT2D eigenvalue weighted by Crippen LogP contribution is -2.34. The summed E-state index contributed by atoms with van der Waals surface area (Å²) in [6.07, 6.45) is 2.48. The van der Waals surface area contributed by atoms with Gasteiger partial charge in [-0.15, -0.1) is 0 Å². The molecule has 0 radical (unpaired) electrons. The number of benzene rings is 2. The first-order chi connectivity index (χ1) is 15.5. The summed E-state index contributed by atoms with van der Waals surface area (Å²) >= 11 is 5.15. The Balaban J connectivity index is 1.69. The van der Waals surface area contributed by atoms with Crippen molar-refractivity contribution in [2.45, 2.75) is 39.0 Å². The molecular formula is C24H29N3O4S. The van der Waals surface area contributed by atoms with Crippen LogP contribution in [0.1, 0.15) is 48.5 Å². The molecule has 2 rings (SSSR count). The van der Waals surface area contributed by atoms with Gasteiger partial charge in [-0.3, -0.25) is 14.4 Å². The van der Waals surface area contributed by atoms with Gasteiger partial charge in [-0.05, 0) is 42.4 Å². The van der Waals surface area contributed by atoms with Gasteiger partial charge in [0.1, 0.15) is 0 Å². The molecule has 0 fully saturated rings. The Kier molecular flexibility index (Phi) is 10.9. The summed E-state index contributed by atoms with van der Waals surface area (Å²) in [4.78, 5) is 36.0. The normalized spacial score (nSPS) is 10.2. The van der Waals surface area contributed by atoms with E-state index in [1.807, 2.05) is 30.3 Å². The molecule has 32 heavy (non-hydrogen) atoms. The molecule has 7 nitrogen and oxygen atoms in total. The second-order valence-corrected chi connectivity index (χ2v) is 7.56. The predicted octanol–water partition coefficient (Wildman–Crippen LogP) is 3.60. The van der Waals surface area contributed by atoms with Crippen LogP contribution in [0.4, 0.5) is 5.69 Å². The number of ether oxygens (including phenoxy) is 1. The zero-order valence-corrected chi connectivity index (χ0v) is 19.0. The number of carbonyl (C=O) groups excluding carboxylic acids is 3. The van der Waals surface area contributed by atoms with Crippen LogP contribution < -0.4 is 16.0 Å². The quantitative estimate of drug-likeness (QED) is 0.272. The number of carbonyl (C=O) groups is 3. The minimum Gasteiger partial charge on any atom is -0.465 e. The van der Waals surface area contributed by atoms with E-state index >= 15 is 0 Å². The standard InChI is InChI=1S/C24H29N3O4S/c1-2-3-15-25-23(30)19-10-7-11-20(17-19)26-24(32)27-21(28)12-13-22(29)31-16-14-18-8-5-4-6-9-18/h4-11,17H,2-3,12-16H2,1H3,(H,25,30)(H2,26,27,28,32). The van der Waals surface area contributed by atoms with Gasteiger partial charge in [0.2, 0.25) is 5.91 Å². The molecule has 8 heteroatoms. The molecule has 0 atom stereocenters. The van der Waals surface area contributed by atoms with Crippen LogP contribution in [-0.4, -0.2) is 36.0 Å².